The van der Waals surface area contributed by atoms with Gasteiger partial charge in [-0.05, 0) is 48.9 Å². The minimum absolute atomic E-state index is 0.00956. The first-order valence-corrected chi connectivity index (χ1v) is 10.6. The van der Waals surface area contributed by atoms with Crippen LogP contribution >= 0.6 is 23.1 Å². The lowest BCUT2D eigenvalue weighted by molar-refractivity contribution is -0.141. The van der Waals surface area contributed by atoms with Crippen LogP contribution in [0.2, 0.25) is 0 Å². The second-order valence-electron chi connectivity index (χ2n) is 6.63. The van der Waals surface area contributed by atoms with E-state index in [0.717, 1.165) is 20.7 Å². The van der Waals surface area contributed by atoms with Crippen molar-refractivity contribution in [2.45, 2.75) is 37.5 Å². The lowest BCUT2D eigenvalue weighted by Crippen LogP contribution is -2.22. The number of rotatable bonds is 5. The fraction of sp³-hybridized carbons (Fsp3) is 0.286. The number of amides is 1. The quantitative estimate of drug-likeness (QED) is 0.458. The lowest BCUT2D eigenvalue weighted by Gasteiger charge is -2.05. The predicted molar refractivity (Wildman–Crippen MR) is 114 cm³/mol. The van der Waals surface area contributed by atoms with E-state index < -0.39 is 0 Å². The van der Waals surface area contributed by atoms with E-state index in [0.29, 0.717) is 15.6 Å². The highest BCUT2D eigenvalue weighted by Crippen LogP contribution is 2.23. The van der Waals surface area contributed by atoms with Crippen molar-refractivity contribution in [3.8, 4) is 0 Å². The molecular weight excluding hydrogens is 392 g/mol. The number of fused-ring (bicyclic) bond motifs is 1. The molecule has 0 saturated heterocycles. The molecule has 0 unspecified atom stereocenters. The Kier molecular flexibility index (Phi) is 6.36. The molecule has 0 radical (unpaired) electrons. The number of thiazole rings is 1. The lowest BCUT2D eigenvalue weighted by atomic mass is 10.2. The Bertz CT molecular complexity index is 1080. The molecule has 1 heterocycles. The third-order valence-electron chi connectivity index (χ3n) is 4.02. The van der Waals surface area contributed by atoms with Crippen molar-refractivity contribution in [1.29, 1.82) is 0 Å². The van der Waals surface area contributed by atoms with E-state index in [2.05, 4.69) is 18.8 Å². The van der Waals surface area contributed by atoms with Crippen molar-refractivity contribution >= 4 is 45.2 Å². The van der Waals surface area contributed by atoms with Gasteiger partial charge in [0.15, 0.2) is 4.80 Å². The minimum Gasteiger partial charge on any atom is -0.468 e. The number of carbonyl (C=O) groups excluding carboxylic acids is 2. The van der Waals surface area contributed by atoms with Crippen molar-refractivity contribution in [3.63, 3.8) is 0 Å². The van der Waals surface area contributed by atoms with Crippen molar-refractivity contribution in [3.05, 3.63) is 58.4 Å². The Labute approximate surface area is 172 Å². The first-order valence-electron chi connectivity index (χ1n) is 8.90. The molecule has 0 fully saturated rings. The number of methoxy groups -OCH3 is 1. The summed E-state index contributed by atoms with van der Waals surface area (Å²) >= 11 is 3.13. The summed E-state index contributed by atoms with van der Waals surface area (Å²) in [6.45, 7) is 6.27. The summed E-state index contributed by atoms with van der Waals surface area (Å²) in [5.41, 5.74) is 2.48. The van der Waals surface area contributed by atoms with Gasteiger partial charge in [-0.25, -0.2) is 0 Å². The zero-order chi connectivity index (χ0) is 20.3. The van der Waals surface area contributed by atoms with Crippen molar-refractivity contribution in [2.24, 2.45) is 4.99 Å². The molecule has 1 aromatic heterocycles. The number of benzene rings is 2. The van der Waals surface area contributed by atoms with E-state index in [1.807, 2.05) is 37.3 Å². The van der Waals surface area contributed by atoms with Crippen molar-refractivity contribution in [2.75, 3.05) is 7.11 Å². The molecule has 0 spiro atoms. The monoisotopic (exact) mass is 414 g/mol. The predicted octanol–water partition coefficient (Wildman–Crippen LogP) is 4.43. The Morgan fingerprint density at radius 3 is 2.54 bits per heavy atom. The Balaban J connectivity index is 2.01. The molecule has 2 aromatic carbocycles. The molecule has 3 aromatic rings. The number of aromatic nitrogens is 1. The SMILES string of the molecule is COC(=O)Cn1c(=NC(=O)c2ccc(SC(C)C)cc2)sc2cc(C)ccc21. The van der Waals surface area contributed by atoms with Crippen LogP contribution in [0.4, 0.5) is 0 Å². The number of hydrogen-bond donors (Lipinski definition) is 0. The van der Waals surface area contributed by atoms with Gasteiger partial charge in [0.1, 0.15) is 6.54 Å². The second kappa shape index (κ2) is 8.75. The Morgan fingerprint density at radius 1 is 1.18 bits per heavy atom. The molecule has 28 heavy (non-hydrogen) atoms. The number of carbonyl (C=O) groups is 2. The van der Waals surface area contributed by atoms with Gasteiger partial charge >= 0.3 is 5.97 Å². The van der Waals surface area contributed by atoms with Crippen LogP contribution in [0.25, 0.3) is 10.2 Å². The van der Waals surface area contributed by atoms with Gasteiger partial charge in [0.25, 0.3) is 5.91 Å². The standard InChI is InChI=1S/C21H22N2O3S2/c1-13(2)27-16-8-6-15(7-9-16)20(25)22-21-23(12-19(24)26-4)17-10-5-14(3)11-18(17)28-21/h5-11,13H,12H2,1-4H3. The Hall–Kier alpha value is -2.38. The summed E-state index contributed by atoms with van der Waals surface area (Å²) in [5.74, 6) is -0.716. The fourth-order valence-electron chi connectivity index (χ4n) is 2.71. The van der Waals surface area contributed by atoms with Crippen LogP contribution in [-0.2, 0) is 16.1 Å². The van der Waals surface area contributed by atoms with E-state index >= 15 is 0 Å². The van der Waals surface area contributed by atoms with E-state index in [4.69, 9.17) is 4.74 Å². The molecule has 0 atom stereocenters. The normalized spacial score (nSPS) is 12.0. The zero-order valence-corrected chi connectivity index (χ0v) is 17.9. The molecule has 0 bridgehead atoms. The number of ether oxygens (including phenoxy) is 1. The summed E-state index contributed by atoms with van der Waals surface area (Å²) < 4.78 is 7.50. The van der Waals surface area contributed by atoms with E-state index in [9.17, 15) is 9.59 Å². The van der Waals surface area contributed by atoms with Crippen LogP contribution in [0, 0.1) is 6.92 Å². The van der Waals surface area contributed by atoms with Crippen molar-refractivity contribution < 1.29 is 14.3 Å². The smallest absolute Gasteiger partial charge is 0.325 e. The number of esters is 1. The van der Waals surface area contributed by atoms with Gasteiger partial charge in [0, 0.05) is 15.7 Å². The molecule has 1 amide bonds. The number of nitrogens with zero attached hydrogens (tertiary/aromatic N) is 2. The summed E-state index contributed by atoms with van der Waals surface area (Å²) in [6, 6.07) is 13.4. The van der Waals surface area contributed by atoms with Crippen LogP contribution in [-0.4, -0.2) is 28.8 Å². The van der Waals surface area contributed by atoms with Gasteiger partial charge < -0.3 is 9.30 Å². The van der Waals surface area contributed by atoms with Gasteiger partial charge in [-0.15, -0.1) is 11.8 Å². The highest BCUT2D eigenvalue weighted by atomic mass is 32.2. The third-order valence-corrected chi connectivity index (χ3v) is 6.08. The van der Waals surface area contributed by atoms with Crippen LogP contribution in [0.15, 0.2) is 52.4 Å². The van der Waals surface area contributed by atoms with Crippen LogP contribution in [0.5, 0.6) is 0 Å². The van der Waals surface area contributed by atoms with Gasteiger partial charge in [-0.1, -0.05) is 31.3 Å². The molecule has 0 aliphatic rings. The van der Waals surface area contributed by atoms with E-state index in [-0.39, 0.29) is 18.4 Å². The first-order chi connectivity index (χ1) is 13.4. The molecule has 0 saturated carbocycles. The van der Waals surface area contributed by atoms with Crippen LogP contribution in [0.1, 0.15) is 29.8 Å². The van der Waals surface area contributed by atoms with Crippen LogP contribution in [0.3, 0.4) is 0 Å². The van der Waals surface area contributed by atoms with Gasteiger partial charge in [0.2, 0.25) is 0 Å². The molecule has 7 heteroatoms. The van der Waals surface area contributed by atoms with E-state index in [1.165, 1.54) is 18.4 Å². The maximum atomic E-state index is 12.7. The summed E-state index contributed by atoms with van der Waals surface area (Å²) in [7, 11) is 1.35. The third kappa shape index (κ3) is 4.72. The summed E-state index contributed by atoms with van der Waals surface area (Å²) in [6.07, 6.45) is 0. The van der Waals surface area contributed by atoms with E-state index in [1.54, 1.807) is 28.5 Å². The van der Waals surface area contributed by atoms with Crippen molar-refractivity contribution in [1.82, 2.24) is 4.57 Å². The maximum absolute atomic E-state index is 12.7. The fourth-order valence-corrected chi connectivity index (χ4v) is 4.68. The highest BCUT2D eigenvalue weighted by molar-refractivity contribution is 7.99. The zero-order valence-electron chi connectivity index (χ0n) is 16.3. The summed E-state index contributed by atoms with van der Waals surface area (Å²) in [5, 5.41) is 0.477. The topological polar surface area (TPSA) is 60.7 Å². The molecule has 0 aliphatic heterocycles. The van der Waals surface area contributed by atoms with Gasteiger partial charge in [-0.3, -0.25) is 9.59 Å². The maximum Gasteiger partial charge on any atom is 0.325 e. The average molecular weight is 415 g/mol. The number of aryl methyl sites for hydroxylation is 1. The van der Waals surface area contributed by atoms with Gasteiger partial charge in [-0.2, -0.15) is 4.99 Å². The largest absolute Gasteiger partial charge is 0.468 e. The molecular formula is C21H22N2O3S2. The molecule has 5 nitrogen and oxygen atoms in total. The number of hydrogen-bond acceptors (Lipinski definition) is 5. The number of thioether (sulfide) groups is 1. The average Bonchev–Trinajstić information content (AvgIpc) is 2.97. The molecule has 146 valence electrons. The second-order valence-corrected chi connectivity index (χ2v) is 9.29. The Morgan fingerprint density at radius 2 is 1.89 bits per heavy atom. The minimum atomic E-state index is -0.385. The molecule has 0 N–H and O–H groups in total. The summed E-state index contributed by atoms with van der Waals surface area (Å²) in [4.78, 5) is 30.5. The first kappa shape index (κ1) is 20.4. The molecule has 3 rings (SSSR count). The highest BCUT2D eigenvalue weighted by Gasteiger charge is 2.13. The van der Waals surface area contributed by atoms with Crippen LogP contribution < -0.4 is 4.80 Å². The molecule has 0 aliphatic carbocycles. The van der Waals surface area contributed by atoms with Gasteiger partial charge in [0.05, 0.1) is 17.3 Å².